The van der Waals surface area contributed by atoms with Crippen molar-refractivity contribution in [2.24, 2.45) is 0 Å². The number of hydrogen-bond donors (Lipinski definition) is 2. The van der Waals surface area contributed by atoms with Gasteiger partial charge in [0, 0.05) is 23.3 Å². The van der Waals surface area contributed by atoms with Crippen LogP contribution in [0.1, 0.15) is 93.9 Å². The third-order valence-electron chi connectivity index (χ3n) is 8.04. The molecule has 3 aromatic rings. The van der Waals surface area contributed by atoms with Gasteiger partial charge in [-0.1, -0.05) is 63.3 Å². The molecule has 5 rings (SSSR count). The highest BCUT2D eigenvalue weighted by Gasteiger charge is 2.19. The molecule has 2 aliphatic rings. The summed E-state index contributed by atoms with van der Waals surface area (Å²) in [6.45, 7) is 2.03. The van der Waals surface area contributed by atoms with Gasteiger partial charge in [-0.3, -0.25) is 4.31 Å². The lowest BCUT2D eigenvalue weighted by molar-refractivity contribution is 0.416. The summed E-state index contributed by atoms with van der Waals surface area (Å²) < 4.78 is 2.42. The summed E-state index contributed by atoms with van der Waals surface area (Å²) in [5.74, 6) is 4.70. The smallest absolute Gasteiger partial charge is 0.229 e. The molecule has 2 heterocycles. The zero-order valence-electron chi connectivity index (χ0n) is 23.3. The maximum absolute atomic E-state index is 4.62. The van der Waals surface area contributed by atoms with Crippen molar-refractivity contribution >= 4 is 39.2 Å². The van der Waals surface area contributed by atoms with E-state index in [1.54, 1.807) is 0 Å². The predicted molar refractivity (Wildman–Crippen MR) is 163 cm³/mol. The molecule has 2 aliphatic carbocycles. The zero-order valence-corrected chi connectivity index (χ0v) is 24.1. The van der Waals surface area contributed by atoms with Crippen LogP contribution in [0.15, 0.2) is 30.5 Å². The molecule has 1 unspecified atom stereocenters. The van der Waals surface area contributed by atoms with Crippen LogP contribution >= 0.6 is 10.7 Å². The van der Waals surface area contributed by atoms with E-state index in [4.69, 9.17) is 0 Å². The second kappa shape index (κ2) is 14.1. The van der Waals surface area contributed by atoms with Gasteiger partial charge in [0.2, 0.25) is 5.95 Å². The Bertz CT molecular complexity index is 1150. The standard InChI is InChI=1S/C23H30N4.C8H17NS/c1-17-21-14-15-24-22(21)27-23(25-17)26-20-13-12-18-10-8-6-4-2-3-5-7-9-11-19(18)16-20;1-9(10(2)3)8-6-4-5-7-8/h12-16H,2-11H2,1H3,(H2,24,25,26,27);8H,2,4-7H2,1,3H3. The number of aromatic nitrogens is 3. The van der Waals surface area contributed by atoms with Crippen LogP contribution in [-0.2, 0) is 12.8 Å². The van der Waals surface area contributed by atoms with Crippen LogP contribution in [0.25, 0.3) is 11.0 Å². The van der Waals surface area contributed by atoms with Crippen molar-refractivity contribution in [3.05, 3.63) is 47.3 Å². The summed E-state index contributed by atoms with van der Waals surface area (Å²) in [6, 6.07) is 9.67. The SMILES string of the molecule is C=S(C)N(C)C1CCCC1.Cc1nc(Nc2ccc3c(c2)CCCCCCCCCC3)nc2[nH]ccc12. The first-order chi connectivity index (χ1) is 18.0. The molecule has 0 aliphatic heterocycles. The van der Waals surface area contributed by atoms with E-state index in [1.165, 1.54) is 101 Å². The number of aromatic amines is 1. The van der Waals surface area contributed by atoms with E-state index in [-0.39, 0.29) is 10.7 Å². The molecule has 37 heavy (non-hydrogen) atoms. The van der Waals surface area contributed by atoms with Gasteiger partial charge in [0.15, 0.2) is 0 Å². The largest absolute Gasteiger partial charge is 0.346 e. The average Bonchev–Trinajstić information content (AvgIpc) is 3.58. The van der Waals surface area contributed by atoms with Gasteiger partial charge in [-0.15, -0.1) is 10.7 Å². The number of anilines is 2. The number of fused-ring (bicyclic) bond motifs is 2. The predicted octanol–water partition coefficient (Wildman–Crippen LogP) is 8.34. The van der Waals surface area contributed by atoms with Crippen molar-refractivity contribution in [1.82, 2.24) is 19.3 Å². The normalized spacial score (nSPS) is 18.4. The number of benzene rings is 1. The summed E-state index contributed by atoms with van der Waals surface area (Å²) in [4.78, 5) is 12.4. The highest BCUT2D eigenvalue weighted by atomic mass is 32.2. The van der Waals surface area contributed by atoms with Gasteiger partial charge in [0.25, 0.3) is 0 Å². The van der Waals surface area contributed by atoms with E-state index in [2.05, 4.69) is 61.9 Å². The molecule has 0 bridgehead atoms. The lowest BCUT2D eigenvalue weighted by Crippen LogP contribution is -2.23. The van der Waals surface area contributed by atoms with Crippen molar-refractivity contribution in [3.63, 3.8) is 0 Å². The third kappa shape index (κ3) is 8.15. The number of nitrogens with zero attached hydrogens (tertiary/aromatic N) is 3. The molecule has 6 heteroatoms. The van der Waals surface area contributed by atoms with Crippen LogP contribution < -0.4 is 5.32 Å². The molecule has 1 atom stereocenters. The second-order valence-electron chi connectivity index (χ2n) is 10.9. The first-order valence-corrected chi connectivity index (χ1v) is 16.2. The maximum atomic E-state index is 4.62. The fourth-order valence-electron chi connectivity index (χ4n) is 5.67. The lowest BCUT2D eigenvalue weighted by atomic mass is 9.94. The molecule has 2 N–H and O–H groups in total. The van der Waals surface area contributed by atoms with Crippen LogP contribution in [0.4, 0.5) is 11.6 Å². The molecule has 2 aromatic heterocycles. The molecule has 1 fully saturated rings. The highest BCUT2D eigenvalue weighted by molar-refractivity contribution is 8.11. The van der Waals surface area contributed by atoms with E-state index in [0.29, 0.717) is 5.95 Å². The quantitative estimate of drug-likeness (QED) is 0.339. The molecule has 0 amide bonds. The van der Waals surface area contributed by atoms with Gasteiger partial charge in [-0.2, -0.15) is 4.98 Å². The number of H-pyrrole nitrogens is 1. The topological polar surface area (TPSA) is 56.8 Å². The van der Waals surface area contributed by atoms with E-state index in [1.807, 2.05) is 19.2 Å². The number of aryl methyl sites for hydroxylation is 3. The van der Waals surface area contributed by atoms with Crippen LogP contribution in [0.5, 0.6) is 0 Å². The Morgan fingerprint density at radius 1 is 0.892 bits per heavy atom. The summed E-state index contributed by atoms with van der Waals surface area (Å²) in [7, 11) is 2.43. The van der Waals surface area contributed by atoms with E-state index >= 15 is 0 Å². The number of rotatable bonds is 4. The van der Waals surface area contributed by atoms with Gasteiger partial charge >= 0.3 is 0 Å². The minimum atomic E-state index is 0.233. The Kier molecular flexibility index (Phi) is 10.6. The van der Waals surface area contributed by atoms with Gasteiger partial charge in [0.1, 0.15) is 5.65 Å². The van der Waals surface area contributed by atoms with Crippen molar-refractivity contribution in [2.45, 2.75) is 103 Å². The first kappa shape index (κ1) is 27.8. The van der Waals surface area contributed by atoms with Gasteiger partial charge in [-0.05, 0) is 88.1 Å². The Morgan fingerprint density at radius 2 is 1.54 bits per heavy atom. The highest BCUT2D eigenvalue weighted by Crippen LogP contribution is 2.28. The Morgan fingerprint density at radius 3 is 2.22 bits per heavy atom. The Hall–Kier alpha value is -2.18. The molecule has 5 nitrogen and oxygen atoms in total. The van der Waals surface area contributed by atoms with Crippen molar-refractivity contribution < 1.29 is 0 Å². The van der Waals surface area contributed by atoms with Crippen molar-refractivity contribution in [1.29, 1.82) is 0 Å². The van der Waals surface area contributed by atoms with Crippen LogP contribution in [0, 0.1) is 6.92 Å². The molecule has 1 aromatic carbocycles. The summed E-state index contributed by atoms with van der Waals surface area (Å²) in [5.41, 5.74) is 5.99. The number of nitrogens with one attached hydrogen (secondary N) is 2. The number of hydrogen-bond acceptors (Lipinski definition) is 4. The molecule has 0 radical (unpaired) electrons. The van der Waals surface area contributed by atoms with Gasteiger partial charge in [-0.25, -0.2) is 4.98 Å². The Balaban J connectivity index is 0.000000270. The monoisotopic (exact) mass is 521 g/mol. The third-order valence-corrected chi connectivity index (χ3v) is 9.32. The van der Waals surface area contributed by atoms with Crippen molar-refractivity contribution in [3.8, 4) is 0 Å². The molecule has 0 saturated heterocycles. The van der Waals surface area contributed by atoms with E-state index < -0.39 is 0 Å². The van der Waals surface area contributed by atoms with E-state index in [9.17, 15) is 0 Å². The second-order valence-corrected chi connectivity index (χ2v) is 12.7. The molecule has 1 saturated carbocycles. The lowest BCUT2D eigenvalue weighted by Gasteiger charge is -2.24. The summed E-state index contributed by atoms with van der Waals surface area (Å²) in [5, 5.41) is 4.50. The van der Waals surface area contributed by atoms with E-state index in [0.717, 1.165) is 28.5 Å². The first-order valence-electron chi connectivity index (χ1n) is 14.4. The fraction of sp³-hybridized carbons (Fsp3) is 0.581. The Labute approximate surface area is 226 Å². The van der Waals surface area contributed by atoms with Crippen LogP contribution in [0.2, 0.25) is 0 Å². The van der Waals surface area contributed by atoms with Crippen LogP contribution in [0.3, 0.4) is 0 Å². The minimum absolute atomic E-state index is 0.233. The summed E-state index contributed by atoms with van der Waals surface area (Å²) >= 11 is 0. The minimum Gasteiger partial charge on any atom is -0.346 e. The van der Waals surface area contributed by atoms with Crippen LogP contribution in [-0.4, -0.2) is 44.5 Å². The maximum Gasteiger partial charge on any atom is 0.229 e. The fourth-order valence-corrected chi connectivity index (χ4v) is 6.39. The molecular formula is C31H47N5S. The molecule has 0 spiro atoms. The zero-order chi connectivity index (χ0) is 26.0. The average molecular weight is 522 g/mol. The van der Waals surface area contributed by atoms with Gasteiger partial charge in [0.05, 0.1) is 5.69 Å². The molecule has 202 valence electrons. The molecular weight excluding hydrogens is 474 g/mol. The summed E-state index contributed by atoms with van der Waals surface area (Å²) in [6.07, 6.45) is 23.1. The van der Waals surface area contributed by atoms with Crippen molar-refractivity contribution in [2.75, 3.05) is 18.6 Å². The van der Waals surface area contributed by atoms with Gasteiger partial charge < -0.3 is 10.3 Å².